The number of benzene rings is 2. The van der Waals surface area contributed by atoms with Gasteiger partial charge in [0.05, 0.1) is 16.1 Å². The molecule has 170 valence electrons. The van der Waals surface area contributed by atoms with Crippen LogP contribution in [0.3, 0.4) is 0 Å². The van der Waals surface area contributed by atoms with E-state index in [0.717, 1.165) is 36.7 Å². The van der Waals surface area contributed by atoms with E-state index in [2.05, 4.69) is 10.9 Å². The van der Waals surface area contributed by atoms with Gasteiger partial charge in [-0.25, -0.2) is 17.6 Å². The number of thioether (sulfide) groups is 1. The zero-order valence-electron chi connectivity index (χ0n) is 15.8. The molecule has 0 unspecified atom stereocenters. The maximum absolute atomic E-state index is 14.7. The molecule has 0 bridgehead atoms. The van der Waals surface area contributed by atoms with E-state index in [1.807, 2.05) is 5.32 Å². The predicted molar refractivity (Wildman–Crippen MR) is 109 cm³/mol. The Balaban J connectivity index is 2.00. The van der Waals surface area contributed by atoms with E-state index < -0.39 is 67.5 Å². The minimum Gasteiger partial charge on any atom is -0.322 e. The third-order valence-corrected chi connectivity index (χ3v) is 5.38. The van der Waals surface area contributed by atoms with Gasteiger partial charge in [0.1, 0.15) is 5.56 Å². The summed E-state index contributed by atoms with van der Waals surface area (Å²) >= 11 is 5.21. The van der Waals surface area contributed by atoms with E-state index in [9.17, 15) is 35.5 Å². The minimum absolute atomic E-state index is 0.155. The van der Waals surface area contributed by atoms with Crippen molar-refractivity contribution in [3.8, 4) is 23.5 Å². The molecule has 0 fully saturated rings. The number of nitrogens with one attached hydrogen (secondary N) is 1. The number of rotatable bonds is 4. The van der Waals surface area contributed by atoms with Crippen LogP contribution in [-0.2, 0) is 0 Å². The van der Waals surface area contributed by atoms with Gasteiger partial charge in [-0.1, -0.05) is 17.5 Å². The Bertz CT molecular complexity index is 1280. The number of carbonyl (C=O) groups is 1. The van der Waals surface area contributed by atoms with Crippen LogP contribution in [0.15, 0.2) is 41.6 Å². The zero-order chi connectivity index (χ0) is 24.5. The van der Waals surface area contributed by atoms with E-state index in [-0.39, 0.29) is 16.8 Å². The van der Waals surface area contributed by atoms with Gasteiger partial charge in [0.15, 0.2) is 23.3 Å². The number of nitrogens with zero attached hydrogens (tertiary/aromatic N) is 1. The molecular formula is C21H8ClF7N2OS. The number of anilines is 1. The second kappa shape index (κ2) is 9.33. The van der Waals surface area contributed by atoms with Gasteiger partial charge in [-0.05, 0) is 36.0 Å². The number of pyridine rings is 1. The summed E-state index contributed by atoms with van der Waals surface area (Å²) in [5, 5.41) is 1.51. The molecule has 0 radical (unpaired) electrons. The van der Waals surface area contributed by atoms with Crippen LogP contribution in [0.25, 0.3) is 11.1 Å². The van der Waals surface area contributed by atoms with Gasteiger partial charge >= 0.3 is 5.51 Å². The van der Waals surface area contributed by atoms with Crippen LogP contribution in [0.4, 0.5) is 36.4 Å². The molecule has 0 aliphatic rings. The number of terminal acetylenes is 1. The van der Waals surface area contributed by atoms with Crippen molar-refractivity contribution in [1.29, 1.82) is 0 Å². The smallest absolute Gasteiger partial charge is 0.322 e. The number of hydrogen-bond donors (Lipinski definition) is 1. The standard InChI is InChI=1S/C21H8ClF7N2OS/c1-2-9-8-30-6-5-11(9)14-16(23)18(25)15(19(26)17(14)24)20(32)31-10-3-4-13(12(22)7-10)33-21(27,28)29/h1,3-8H,(H,31,32). The van der Waals surface area contributed by atoms with Gasteiger partial charge in [0.25, 0.3) is 5.91 Å². The van der Waals surface area contributed by atoms with Crippen molar-refractivity contribution >= 4 is 35.0 Å². The van der Waals surface area contributed by atoms with Crippen molar-refractivity contribution in [2.75, 3.05) is 5.32 Å². The summed E-state index contributed by atoms with van der Waals surface area (Å²) in [5.41, 5.74) is -8.15. The summed E-state index contributed by atoms with van der Waals surface area (Å²) in [5.74, 6) is -7.29. The highest BCUT2D eigenvalue weighted by molar-refractivity contribution is 8.00. The Labute approximate surface area is 191 Å². The van der Waals surface area contributed by atoms with Gasteiger partial charge in [-0.15, -0.1) is 6.42 Å². The summed E-state index contributed by atoms with van der Waals surface area (Å²) in [6.45, 7) is 0. The topological polar surface area (TPSA) is 42.0 Å². The summed E-state index contributed by atoms with van der Waals surface area (Å²) in [7, 11) is 0. The van der Waals surface area contributed by atoms with Crippen molar-refractivity contribution in [2.24, 2.45) is 0 Å². The lowest BCUT2D eigenvalue weighted by Crippen LogP contribution is -2.19. The van der Waals surface area contributed by atoms with Crippen LogP contribution in [0, 0.1) is 35.6 Å². The molecule has 1 heterocycles. The number of amides is 1. The Morgan fingerprint density at radius 3 is 2.24 bits per heavy atom. The molecule has 3 nitrogen and oxygen atoms in total. The molecule has 3 aromatic rings. The Morgan fingerprint density at radius 2 is 1.70 bits per heavy atom. The van der Waals surface area contributed by atoms with Gasteiger partial charge in [-0.2, -0.15) is 13.2 Å². The van der Waals surface area contributed by atoms with Crippen molar-refractivity contribution in [3.63, 3.8) is 0 Å². The Kier molecular flexibility index (Phi) is 6.90. The monoisotopic (exact) mass is 504 g/mol. The molecule has 0 atom stereocenters. The molecule has 1 amide bonds. The summed E-state index contributed by atoms with van der Waals surface area (Å²) in [6.07, 6.45) is 7.37. The molecule has 1 aromatic heterocycles. The second-order valence-corrected chi connectivity index (χ2v) is 7.73. The lowest BCUT2D eigenvalue weighted by atomic mass is 9.98. The maximum atomic E-state index is 14.7. The highest BCUT2D eigenvalue weighted by Gasteiger charge is 2.32. The van der Waals surface area contributed by atoms with Crippen molar-refractivity contribution in [3.05, 3.63) is 76.1 Å². The fourth-order valence-corrected chi connectivity index (χ4v) is 3.61. The number of hydrogen-bond acceptors (Lipinski definition) is 3. The van der Waals surface area contributed by atoms with Crippen molar-refractivity contribution < 1.29 is 35.5 Å². The molecule has 0 saturated carbocycles. The fourth-order valence-electron chi connectivity index (χ4n) is 2.77. The first kappa shape index (κ1) is 24.4. The lowest BCUT2D eigenvalue weighted by Gasteiger charge is -2.14. The first-order valence-electron chi connectivity index (χ1n) is 8.58. The summed E-state index contributed by atoms with van der Waals surface area (Å²) < 4.78 is 96.1. The first-order chi connectivity index (χ1) is 15.4. The number of halogens is 8. The molecule has 1 N–H and O–H groups in total. The number of carbonyl (C=O) groups excluding carboxylic acids is 1. The molecule has 0 spiro atoms. The van der Waals surface area contributed by atoms with Crippen molar-refractivity contribution in [1.82, 2.24) is 4.98 Å². The van der Waals surface area contributed by atoms with E-state index >= 15 is 0 Å². The average Bonchev–Trinajstić information content (AvgIpc) is 2.74. The Morgan fingerprint density at radius 1 is 1.06 bits per heavy atom. The minimum atomic E-state index is -4.63. The van der Waals surface area contributed by atoms with E-state index in [1.165, 1.54) is 0 Å². The molecule has 0 aliphatic heterocycles. The van der Waals surface area contributed by atoms with Crippen LogP contribution in [0.5, 0.6) is 0 Å². The maximum Gasteiger partial charge on any atom is 0.446 e. The largest absolute Gasteiger partial charge is 0.446 e. The second-order valence-electron chi connectivity index (χ2n) is 6.22. The molecule has 33 heavy (non-hydrogen) atoms. The molecule has 2 aromatic carbocycles. The molecule has 3 rings (SSSR count). The highest BCUT2D eigenvalue weighted by atomic mass is 35.5. The van der Waals surface area contributed by atoms with Crippen LogP contribution >= 0.6 is 23.4 Å². The first-order valence-corrected chi connectivity index (χ1v) is 9.77. The highest BCUT2D eigenvalue weighted by Crippen LogP contribution is 2.41. The van der Waals surface area contributed by atoms with E-state index in [4.69, 9.17) is 18.0 Å². The average molecular weight is 505 g/mol. The molecule has 0 saturated heterocycles. The molecule has 12 heteroatoms. The van der Waals surface area contributed by atoms with Gasteiger partial charge in [0.2, 0.25) is 0 Å². The zero-order valence-corrected chi connectivity index (χ0v) is 17.4. The fraction of sp³-hybridized carbons (Fsp3) is 0.0476. The lowest BCUT2D eigenvalue weighted by molar-refractivity contribution is -0.0328. The van der Waals surface area contributed by atoms with Gasteiger partial charge in [0, 0.05) is 28.5 Å². The normalized spacial score (nSPS) is 11.2. The molecule has 0 aliphatic carbocycles. The van der Waals surface area contributed by atoms with Crippen LogP contribution < -0.4 is 5.32 Å². The predicted octanol–water partition coefficient (Wildman–Crippen LogP) is 6.80. The van der Waals surface area contributed by atoms with Gasteiger partial charge < -0.3 is 5.32 Å². The van der Waals surface area contributed by atoms with E-state index in [1.54, 1.807) is 0 Å². The van der Waals surface area contributed by atoms with Crippen LogP contribution in [-0.4, -0.2) is 16.4 Å². The molecular weight excluding hydrogens is 497 g/mol. The number of alkyl halides is 3. The quantitative estimate of drug-likeness (QED) is 0.184. The van der Waals surface area contributed by atoms with E-state index in [0.29, 0.717) is 0 Å². The van der Waals surface area contributed by atoms with Gasteiger partial charge in [-0.3, -0.25) is 9.78 Å². The SMILES string of the molecule is C#Cc1cnccc1-c1c(F)c(F)c(C(=O)Nc2ccc(SC(F)(F)F)c(Cl)c2)c(F)c1F. The van der Waals surface area contributed by atoms with Crippen LogP contribution in [0.1, 0.15) is 15.9 Å². The third-order valence-electron chi connectivity index (χ3n) is 4.15. The number of aromatic nitrogens is 1. The summed E-state index contributed by atoms with van der Waals surface area (Å²) in [6, 6.07) is 3.78. The van der Waals surface area contributed by atoms with Crippen LogP contribution in [0.2, 0.25) is 5.02 Å². The third kappa shape index (κ3) is 5.07. The van der Waals surface area contributed by atoms with Crippen molar-refractivity contribution in [2.45, 2.75) is 10.4 Å². The Hall–Kier alpha value is -3.23. The summed E-state index contributed by atoms with van der Waals surface area (Å²) in [4.78, 5) is 15.6.